The summed E-state index contributed by atoms with van der Waals surface area (Å²) in [5.74, 6) is -1.05. The molecule has 0 spiro atoms. The maximum atomic E-state index is 17.4. The number of rotatable bonds is 10. The lowest BCUT2D eigenvalue weighted by Crippen LogP contribution is -2.31. The average Bonchev–Trinajstić information content (AvgIpc) is 3.53. The molecule has 0 aromatic heterocycles. The minimum Gasteiger partial charge on any atom is -0.508 e. The van der Waals surface area contributed by atoms with Crippen LogP contribution in [0.25, 0.3) is 11.1 Å². The van der Waals surface area contributed by atoms with E-state index in [1.807, 2.05) is 6.92 Å². The van der Waals surface area contributed by atoms with Gasteiger partial charge in [0, 0.05) is 57.4 Å². The molecule has 8 aromatic rings. The molecule has 0 heterocycles. The first-order chi connectivity index (χ1) is 29.5. The van der Waals surface area contributed by atoms with Crippen LogP contribution in [0.4, 0.5) is 42.9 Å². The van der Waals surface area contributed by atoms with Crippen LogP contribution in [-0.4, -0.2) is 11.7 Å². The van der Waals surface area contributed by atoms with Gasteiger partial charge in [0.25, 0.3) is 0 Å². The van der Waals surface area contributed by atoms with Gasteiger partial charge in [-0.05, 0) is 142 Å². The van der Waals surface area contributed by atoms with Gasteiger partial charge >= 0.3 is 0 Å². The number of hydrogen-bond acceptors (Lipinski definition) is 4. The Kier molecular flexibility index (Phi) is 10.2. The molecule has 1 aliphatic rings. The minimum atomic E-state index is -1.54. The Labute approximate surface area is 356 Å². The van der Waals surface area contributed by atoms with Crippen LogP contribution in [0.5, 0.6) is 11.5 Å². The zero-order valence-electron chi connectivity index (χ0n) is 34.9. The Balaban J connectivity index is 1.38. The highest BCUT2D eigenvalue weighted by Crippen LogP contribution is 2.59. The van der Waals surface area contributed by atoms with Crippen molar-refractivity contribution in [3.63, 3.8) is 0 Å². The Morgan fingerprint density at radius 3 is 1.15 bits per heavy atom. The zero-order chi connectivity index (χ0) is 42.4. The highest BCUT2D eigenvalue weighted by atomic mass is 19.1. The second kappa shape index (κ2) is 15.8. The predicted octanol–water partition coefficient (Wildman–Crippen LogP) is 14.6. The molecular weight excluding hydrogens is 759 g/mol. The van der Waals surface area contributed by atoms with Crippen LogP contribution < -0.4 is 14.5 Å². The molecule has 1 N–H and O–H groups in total. The Bertz CT molecular complexity index is 2650. The number of halogens is 2. The third-order valence-corrected chi connectivity index (χ3v) is 11.8. The second-order valence-electron chi connectivity index (χ2n) is 16.0. The van der Waals surface area contributed by atoms with Gasteiger partial charge in [0.1, 0.15) is 23.1 Å². The summed E-state index contributed by atoms with van der Waals surface area (Å²) in [5.41, 5.74) is 11.9. The SMILES string of the molecule is CCOc1ccc(C2(c3ccc(O)cc3F)c3cc(N(c4ccc(C)cc4)c4ccc(C)cc4)ccc3-c3ccc(N(c4ccc(C)cc4)c4ccc(C)cc4)cc32)c(F)c1. The molecule has 0 aliphatic heterocycles. The minimum absolute atomic E-state index is 0.206. The summed E-state index contributed by atoms with van der Waals surface area (Å²) in [5, 5.41) is 10.6. The number of ether oxygens (including phenoxy) is 1. The molecule has 0 fully saturated rings. The van der Waals surface area contributed by atoms with Crippen molar-refractivity contribution in [2.24, 2.45) is 0 Å². The maximum absolute atomic E-state index is 17.4. The van der Waals surface area contributed by atoms with Crippen LogP contribution in [0.3, 0.4) is 0 Å². The first kappa shape index (κ1) is 39.3. The second-order valence-corrected chi connectivity index (χ2v) is 16.0. The number of hydrogen-bond donors (Lipinski definition) is 1. The van der Waals surface area contributed by atoms with Crippen LogP contribution in [0.1, 0.15) is 51.4 Å². The molecule has 0 saturated heterocycles. The third kappa shape index (κ3) is 6.98. The van der Waals surface area contributed by atoms with Gasteiger partial charge < -0.3 is 19.6 Å². The lowest BCUT2D eigenvalue weighted by Gasteiger charge is -2.36. The molecule has 6 heteroatoms. The first-order valence-corrected chi connectivity index (χ1v) is 20.6. The smallest absolute Gasteiger partial charge is 0.131 e. The lowest BCUT2D eigenvalue weighted by atomic mass is 9.67. The van der Waals surface area contributed by atoms with Crippen LogP contribution >= 0.6 is 0 Å². The van der Waals surface area contributed by atoms with Crippen molar-refractivity contribution in [3.8, 4) is 22.6 Å². The summed E-state index contributed by atoms with van der Waals surface area (Å²) in [7, 11) is 0. The first-order valence-electron chi connectivity index (χ1n) is 20.6. The van der Waals surface area contributed by atoms with Crippen LogP contribution in [0, 0.1) is 39.3 Å². The van der Waals surface area contributed by atoms with Crippen molar-refractivity contribution >= 4 is 34.1 Å². The van der Waals surface area contributed by atoms with Crippen molar-refractivity contribution in [1.82, 2.24) is 0 Å². The third-order valence-electron chi connectivity index (χ3n) is 11.8. The van der Waals surface area contributed by atoms with E-state index >= 15 is 8.78 Å². The summed E-state index contributed by atoms with van der Waals surface area (Å²) >= 11 is 0. The van der Waals surface area contributed by atoms with E-state index in [0.717, 1.165) is 73.6 Å². The van der Waals surface area contributed by atoms with E-state index in [-0.39, 0.29) is 16.9 Å². The molecule has 61 heavy (non-hydrogen) atoms. The van der Waals surface area contributed by atoms with Crippen LogP contribution in [-0.2, 0) is 5.41 Å². The number of phenolic OH excluding ortho intramolecular Hbond substituents is 1. The highest BCUT2D eigenvalue weighted by molar-refractivity contribution is 5.92. The average molecular weight is 805 g/mol. The Morgan fingerprint density at radius 2 is 0.787 bits per heavy atom. The molecule has 8 aromatic carbocycles. The zero-order valence-corrected chi connectivity index (χ0v) is 34.9. The monoisotopic (exact) mass is 804 g/mol. The molecule has 0 saturated carbocycles. The normalized spacial score (nSPS) is 12.4. The maximum Gasteiger partial charge on any atom is 0.131 e. The van der Waals surface area contributed by atoms with Gasteiger partial charge in [0.05, 0.1) is 12.0 Å². The van der Waals surface area contributed by atoms with Crippen LogP contribution in [0.2, 0.25) is 0 Å². The van der Waals surface area contributed by atoms with Gasteiger partial charge in [-0.1, -0.05) is 95.1 Å². The quantitative estimate of drug-likeness (QED) is 0.149. The molecule has 302 valence electrons. The van der Waals surface area contributed by atoms with E-state index in [0.29, 0.717) is 23.5 Å². The number of phenols is 1. The molecule has 0 amide bonds. The number of aromatic hydroxyl groups is 1. The lowest BCUT2D eigenvalue weighted by molar-refractivity contribution is 0.337. The summed E-state index contributed by atoms with van der Waals surface area (Å²) in [4.78, 5) is 4.35. The van der Waals surface area contributed by atoms with E-state index in [2.05, 4.69) is 171 Å². The molecular formula is C55H46F2N2O2. The number of anilines is 6. The number of benzene rings is 8. The van der Waals surface area contributed by atoms with Gasteiger partial charge in [-0.3, -0.25) is 0 Å². The molecule has 0 unspecified atom stereocenters. The molecule has 1 aliphatic carbocycles. The van der Waals surface area contributed by atoms with E-state index in [4.69, 9.17) is 4.74 Å². The molecule has 4 nitrogen and oxygen atoms in total. The Hall–Kier alpha value is -7.18. The van der Waals surface area contributed by atoms with Crippen molar-refractivity contribution in [3.05, 3.63) is 226 Å². The van der Waals surface area contributed by atoms with Gasteiger partial charge in [-0.15, -0.1) is 0 Å². The number of nitrogens with zero attached hydrogens (tertiary/aromatic N) is 2. The fraction of sp³-hybridized carbons (Fsp3) is 0.127. The number of aryl methyl sites for hydroxylation is 4. The van der Waals surface area contributed by atoms with E-state index in [9.17, 15) is 5.11 Å². The van der Waals surface area contributed by atoms with Gasteiger partial charge in [0.15, 0.2) is 0 Å². The van der Waals surface area contributed by atoms with Crippen molar-refractivity contribution in [2.75, 3.05) is 16.4 Å². The molecule has 0 radical (unpaired) electrons. The molecule has 0 bridgehead atoms. The van der Waals surface area contributed by atoms with E-state index in [1.165, 1.54) is 12.1 Å². The molecule has 0 atom stereocenters. The van der Waals surface area contributed by atoms with Crippen molar-refractivity contribution < 1.29 is 18.6 Å². The van der Waals surface area contributed by atoms with E-state index in [1.54, 1.807) is 18.2 Å². The van der Waals surface area contributed by atoms with Crippen LogP contribution in [0.15, 0.2) is 170 Å². The highest BCUT2D eigenvalue weighted by Gasteiger charge is 2.50. The van der Waals surface area contributed by atoms with Crippen molar-refractivity contribution in [1.29, 1.82) is 0 Å². The van der Waals surface area contributed by atoms with Gasteiger partial charge in [-0.2, -0.15) is 0 Å². The summed E-state index contributed by atoms with van der Waals surface area (Å²) in [6, 6.07) is 54.9. The molecule has 9 rings (SSSR count). The fourth-order valence-corrected chi connectivity index (χ4v) is 8.84. The predicted molar refractivity (Wildman–Crippen MR) is 245 cm³/mol. The van der Waals surface area contributed by atoms with Gasteiger partial charge in [-0.25, -0.2) is 8.78 Å². The summed E-state index contributed by atoms with van der Waals surface area (Å²) in [6.45, 7) is 10.5. The fourth-order valence-electron chi connectivity index (χ4n) is 8.84. The van der Waals surface area contributed by atoms with Gasteiger partial charge in [0.2, 0.25) is 0 Å². The summed E-state index contributed by atoms with van der Waals surface area (Å²) in [6.07, 6.45) is 0. The standard InChI is InChI=1S/C55H46F2N2O2/c1-6-61-46-26-30-50(54(57)34-46)55(49-29-25-45(60)33-53(49)56)51-31-43(58(39-15-7-35(2)8-16-39)40-17-9-36(3)10-18-40)23-27-47(51)48-28-24-44(32-52(48)55)59(41-19-11-37(4)12-20-41)42-21-13-38(5)14-22-42/h7-34,60H,6H2,1-5H3. The Morgan fingerprint density at radius 1 is 0.426 bits per heavy atom. The number of fused-ring (bicyclic) bond motifs is 3. The topological polar surface area (TPSA) is 35.9 Å². The van der Waals surface area contributed by atoms with E-state index < -0.39 is 17.0 Å². The largest absolute Gasteiger partial charge is 0.508 e. The summed E-state index contributed by atoms with van der Waals surface area (Å²) < 4.78 is 40.4. The van der Waals surface area contributed by atoms with Crippen molar-refractivity contribution in [2.45, 2.75) is 40.0 Å².